The van der Waals surface area contributed by atoms with Gasteiger partial charge >= 0.3 is 0 Å². The molecule has 84 valence electrons. The Labute approximate surface area is 93.0 Å². The zero-order valence-electron chi connectivity index (χ0n) is 9.78. The molecule has 0 N–H and O–H groups in total. The van der Waals surface area contributed by atoms with Crippen LogP contribution in [0.4, 0.5) is 0 Å². The van der Waals surface area contributed by atoms with Crippen molar-refractivity contribution < 1.29 is 4.79 Å². The molecule has 0 saturated carbocycles. The van der Waals surface area contributed by atoms with Gasteiger partial charge in [-0.3, -0.25) is 4.79 Å². The van der Waals surface area contributed by atoms with Crippen LogP contribution in [-0.4, -0.2) is 22.9 Å². The van der Waals surface area contributed by atoms with Crippen LogP contribution in [0.5, 0.6) is 0 Å². The summed E-state index contributed by atoms with van der Waals surface area (Å²) in [7, 11) is 0. The highest BCUT2D eigenvalue weighted by atomic mass is 16.2. The van der Waals surface area contributed by atoms with E-state index in [0.717, 1.165) is 12.8 Å². The van der Waals surface area contributed by atoms with Crippen LogP contribution >= 0.6 is 0 Å². The SMILES string of the molecule is C=CCC(C)N(C(=O)C=C)C(C)CC=C. The molecule has 0 aliphatic carbocycles. The number of hydrogen-bond donors (Lipinski definition) is 0. The molecule has 0 bridgehead atoms. The average molecular weight is 207 g/mol. The van der Waals surface area contributed by atoms with Gasteiger partial charge in [-0.25, -0.2) is 0 Å². The van der Waals surface area contributed by atoms with Crippen LogP contribution in [0.1, 0.15) is 26.7 Å². The second-order valence-electron chi connectivity index (χ2n) is 3.70. The van der Waals surface area contributed by atoms with Gasteiger partial charge in [0.1, 0.15) is 0 Å². The Morgan fingerprint density at radius 2 is 1.53 bits per heavy atom. The first-order valence-corrected chi connectivity index (χ1v) is 5.25. The minimum Gasteiger partial charge on any atom is -0.333 e. The van der Waals surface area contributed by atoms with Gasteiger partial charge in [0.2, 0.25) is 5.91 Å². The number of rotatable bonds is 7. The molecular formula is C13H21NO. The number of carbonyl (C=O) groups excluding carboxylic acids is 1. The van der Waals surface area contributed by atoms with E-state index in [-0.39, 0.29) is 18.0 Å². The monoisotopic (exact) mass is 207 g/mol. The molecule has 0 aromatic heterocycles. The van der Waals surface area contributed by atoms with Crippen LogP contribution in [0.3, 0.4) is 0 Å². The second kappa shape index (κ2) is 7.04. The summed E-state index contributed by atoms with van der Waals surface area (Å²) >= 11 is 0. The zero-order chi connectivity index (χ0) is 11.8. The van der Waals surface area contributed by atoms with Crippen LogP contribution in [0.15, 0.2) is 38.0 Å². The van der Waals surface area contributed by atoms with Crippen molar-refractivity contribution in [2.45, 2.75) is 38.8 Å². The number of amides is 1. The molecule has 0 heterocycles. The van der Waals surface area contributed by atoms with Gasteiger partial charge in [0.15, 0.2) is 0 Å². The Morgan fingerprint density at radius 3 is 1.80 bits per heavy atom. The Hall–Kier alpha value is -1.31. The molecule has 2 unspecified atom stereocenters. The van der Waals surface area contributed by atoms with Crippen molar-refractivity contribution in [3.05, 3.63) is 38.0 Å². The van der Waals surface area contributed by atoms with Crippen LogP contribution in [0.25, 0.3) is 0 Å². The van der Waals surface area contributed by atoms with Crippen molar-refractivity contribution in [2.75, 3.05) is 0 Å². The fraction of sp³-hybridized carbons (Fsp3) is 0.462. The van der Waals surface area contributed by atoms with E-state index in [1.165, 1.54) is 6.08 Å². The Bertz CT molecular complexity index is 229. The van der Waals surface area contributed by atoms with Gasteiger partial charge in [-0.05, 0) is 32.8 Å². The molecule has 15 heavy (non-hydrogen) atoms. The number of carbonyl (C=O) groups is 1. The maximum Gasteiger partial charge on any atom is 0.246 e. The lowest BCUT2D eigenvalue weighted by atomic mass is 10.1. The fourth-order valence-electron chi connectivity index (χ4n) is 1.68. The van der Waals surface area contributed by atoms with Crippen LogP contribution in [0.2, 0.25) is 0 Å². The zero-order valence-corrected chi connectivity index (χ0v) is 9.78. The first-order valence-electron chi connectivity index (χ1n) is 5.25. The third kappa shape index (κ3) is 4.15. The smallest absolute Gasteiger partial charge is 0.246 e. The quantitative estimate of drug-likeness (QED) is 0.464. The van der Waals surface area contributed by atoms with Crippen LogP contribution < -0.4 is 0 Å². The molecule has 2 atom stereocenters. The van der Waals surface area contributed by atoms with Gasteiger partial charge in [0.05, 0.1) is 0 Å². The molecule has 2 heteroatoms. The van der Waals surface area contributed by atoms with Gasteiger partial charge in [-0.2, -0.15) is 0 Å². The topological polar surface area (TPSA) is 20.3 Å². The van der Waals surface area contributed by atoms with Crippen molar-refractivity contribution in [2.24, 2.45) is 0 Å². The number of nitrogens with zero attached hydrogens (tertiary/aromatic N) is 1. The van der Waals surface area contributed by atoms with E-state index in [4.69, 9.17) is 0 Å². The molecule has 0 radical (unpaired) electrons. The van der Waals surface area contributed by atoms with Crippen molar-refractivity contribution >= 4 is 5.91 Å². The summed E-state index contributed by atoms with van der Waals surface area (Å²) in [5, 5.41) is 0. The van der Waals surface area contributed by atoms with Gasteiger partial charge in [0, 0.05) is 12.1 Å². The molecule has 0 aromatic rings. The summed E-state index contributed by atoms with van der Waals surface area (Å²) in [6.07, 6.45) is 6.60. The van der Waals surface area contributed by atoms with Crippen LogP contribution in [0, 0.1) is 0 Å². The highest BCUT2D eigenvalue weighted by Crippen LogP contribution is 2.13. The van der Waals surface area contributed by atoms with Gasteiger partial charge < -0.3 is 4.90 Å². The summed E-state index contributed by atoms with van der Waals surface area (Å²) in [5.74, 6) is -0.0290. The Kier molecular flexibility index (Phi) is 6.43. The summed E-state index contributed by atoms with van der Waals surface area (Å²) in [6.45, 7) is 14.9. The summed E-state index contributed by atoms with van der Waals surface area (Å²) in [4.78, 5) is 13.5. The lowest BCUT2D eigenvalue weighted by Gasteiger charge is -2.33. The van der Waals surface area contributed by atoms with Crippen LogP contribution in [-0.2, 0) is 4.79 Å². The lowest BCUT2D eigenvalue weighted by Crippen LogP contribution is -2.43. The van der Waals surface area contributed by atoms with E-state index in [9.17, 15) is 4.79 Å². The molecular weight excluding hydrogens is 186 g/mol. The van der Waals surface area contributed by atoms with Crippen molar-refractivity contribution in [3.8, 4) is 0 Å². The van der Waals surface area contributed by atoms with Gasteiger partial charge in [-0.15, -0.1) is 13.2 Å². The van der Waals surface area contributed by atoms with Gasteiger partial charge in [0.25, 0.3) is 0 Å². The predicted octanol–water partition coefficient (Wildman–Crippen LogP) is 2.93. The summed E-state index contributed by atoms with van der Waals surface area (Å²) in [5.41, 5.74) is 0. The highest BCUT2D eigenvalue weighted by molar-refractivity contribution is 5.87. The lowest BCUT2D eigenvalue weighted by molar-refractivity contribution is -0.130. The normalized spacial score (nSPS) is 13.7. The Balaban J connectivity index is 4.69. The Morgan fingerprint density at radius 1 is 1.13 bits per heavy atom. The third-order valence-electron chi connectivity index (χ3n) is 2.39. The average Bonchev–Trinajstić information content (AvgIpc) is 2.18. The van der Waals surface area contributed by atoms with E-state index in [1.54, 1.807) is 0 Å². The minimum absolute atomic E-state index is 0.0290. The standard InChI is InChI=1S/C13H21NO/c1-6-9-11(4)14(13(15)8-3)12(5)10-7-2/h6-8,11-12H,1-3,9-10H2,4-5H3. The highest BCUT2D eigenvalue weighted by Gasteiger charge is 2.21. The maximum atomic E-state index is 11.7. The first kappa shape index (κ1) is 13.7. The van der Waals surface area contributed by atoms with Crippen molar-refractivity contribution in [3.63, 3.8) is 0 Å². The molecule has 0 aliphatic heterocycles. The van der Waals surface area contributed by atoms with Gasteiger partial charge in [-0.1, -0.05) is 18.7 Å². The predicted molar refractivity (Wildman–Crippen MR) is 65.6 cm³/mol. The minimum atomic E-state index is -0.0290. The summed E-state index contributed by atoms with van der Waals surface area (Å²) in [6, 6.07) is 0.311. The molecule has 2 nitrogen and oxygen atoms in total. The van der Waals surface area contributed by atoms with Crippen molar-refractivity contribution in [1.82, 2.24) is 4.90 Å². The van der Waals surface area contributed by atoms with E-state index in [2.05, 4.69) is 19.7 Å². The fourth-order valence-corrected chi connectivity index (χ4v) is 1.68. The molecule has 0 aliphatic rings. The van der Waals surface area contributed by atoms with E-state index < -0.39 is 0 Å². The summed E-state index contributed by atoms with van der Waals surface area (Å²) < 4.78 is 0. The second-order valence-corrected chi connectivity index (χ2v) is 3.70. The molecule has 1 amide bonds. The third-order valence-corrected chi connectivity index (χ3v) is 2.39. The van der Waals surface area contributed by atoms with Crippen molar-refractivity contribution in [1.29, 1.82) is 0 Å². The number of hydrogen-bond acceptors (Lipinski definition) is 1. The molecule has 0 aromatic carbocycles. The largest absolute Gasteiger partial charge is 0.333 e. The molecule has 0 rings (SSSR count). The van der Waals surface area contributed by atoms with E-state index in [0.29, 0.717) is 0 Å². The van der Waals surface area contributed by atoms with E-state index >= 15 is 0 Å². The van der Waals surface area contributed by atoms with E-state index in [1.807, 2.05) is 30.9 Å². The molecule has 0 fully saturated rings. The molecule has 0 saturated heterocycles. The first-order chi connectivity index (χ1) is 7.08. The molecule has 0 spiro atoms. The maximum absolute atomic E-state index is 11.7.